The lowest BCUT2D eigenvalue weighted by atomic mass is 9.84. The summed E-state index contributed by atoms with van der Waals surface area (Å²) in [6.45, 7) is 6.40. The van der Waals surface area contributed by atoms with Gasteiger partial charge in [-0.15, -0.1) is 0 Å². The molecular formula is C26H41N5O5S. The van der Waals surface area contributed by atoms with E-state index >= 15 is 0 Å². The van der Waals surface area contributed by atoms with Gasteiger partial charge in [0.1, 0.15) is 12.1 Å². The van der Waals surface area contributed by atoms with E-state index in [0.29, 0.717) is 12.3 Å². The molecule has 0 saturated heterocycles. The van der Waals surface area contributed by atoms with Gasteiger partial charge in [0.25, 0.3) is 0 Å². The van der Waals surface area contributed by atoms with Gasteiger partial charge in [0.2, 0.25) is 17.7 Å². The molecule has 0 spiro atoms. The number of fused-ring (bicyclic) bond motifs is 1. The molecule has 0 unspecified atom stereocenters. The highest BCUT2D eigenvalue weighted by Gasteiger charge is 2.41. The lowest BCUT2D eigenvalue weighted by Gasteiger charge is -2.41. The smallest absolute Gasteiger partial charge is 0.326 e. The molecule has 0 radical (unpaired) electrons. The highest BCUT2D eigenvalue weighted by molar-refractivity contribution is 7.80. The molecule has 1 aliphatic rings. The Labute approximate surface area is 224 Å². The highest BCUT2D eigenvalue weighted by atomic mass is 32.1. The number of carbonyl (C=O) groups is 4. The van der Waals surface area contributed by atoms with E-state index in [9.17, 15) is 24.3 Å². The molecule has 0 aromatic heterocycles. The Bertz CT molecular complexity index is 980. The number of nitrogens with one attached hydrogen (secondary N) is 2. The molecule has 2 rings (SSSR count). The Morgan fingerprint density at radius 1 is 1.19 bits per heavy atom. The molecule has 0 aliphatic carbocycles. The van der Waals surface area contributed by atoms with E-state index in [-0.39, 0.29) is 43.7 Å². The molecule has 1 aromatic carbocycles. The number of amides is 3. The van der Waals surface area contributed by atoms with Crippen molar-refractivity contribution in [3.8, 4) is 0 Å². The Kier molecular flexibility index (Phi) is 11.0. The molecule has 1 heterocycles. The fourth-order valence-electron chi connectivity index (χ4n) is 4.27. The molecule has 0 bridgehead atoms. The SMILES string of the molecule is CN(C)C(=O)CC[C@H](NC(=O)[C@@H]1Cc2ccccc2CN1C(=O)[C@@H](NC[C@@H](N)CS)C(C)(C)C)C(=O)O. The van der Waals surface area contributed by atoms with Gasteiger partial charge in [0, 0.05) is 51.8 Å². The maximum absolute atomic E-state index is 13.9. The number of nitrogens with two attached hydrogens (primary N) is 1. The lowest BCUT2D eigenvalue weighted by molar-refractivity contribution is -0.147. The number of carboxylic acid groups (broad SMARTS) is 1. The minimum Gasteiger partial charge on any atom is -0.480 e. The van der Waals surface area contributed by atoms with Crippen LogP contribution in [-0.4, -0.2) is 89.2 Å². The first-order valence-electron chi connectivity index (χ1n) is 12.5. The molecular weight excluding hydrogens is 494 g/mol. The van der Waals surface area contributed by atoms with Crippen LogP contribution >= 0.6 is 12.6 Å². The monoisotopic (exact) mass is 535 g/mol. The molecule has 11 heteroatoms. The van der Waals surface area contributed by atoms with Crippen molar-refractivity contribution in [3.63, 3.8) is 0 Å². The van der Waals surface area contributed by atoms with Gasteiger partial charge >= 0.3 is 5.97 Å². The fourth-order valence-corrected chi connectivity index (χ4v) is 4.40. The minimum absolute atomic E-state index is 0.0260. The number of rotatable bonds is 11. The molecule has 10 nitrogen and oxygen atoms in total. The third-order valence-corrected chi connectivity index (χ3v) is 7.00. The van der Waals surface area contributed by atoms with Crippen molar-refractivity contribution in [2.45, 2.75) is 70.7 Å². The van der Waals surface area contributed by atoms with Crippen LogP contribution in [0.4, 0.5) is 0 Å². The number of thiol groups is 1. The van der Waals surface area contributed by atoms with Crippen LogP contribution in [0.5, 0.6) is 0 Å². The van der Waals surface area contributed by atoms with E-state index in [1.165, 1.54) is 9.80 Å². The van der Waals surface area contributed by atoms with Crippen molar-refractivity contribution in [1.29, 1.82) is 0 Å². The predicted molar refractivity (Wildman–Crippen MR) is 145 cm³/mol. The topological polar surface area (TPSA) is 145 Å². The second-order valence-corrected chi connectivity index (χ2v) is 11.2. The minimum atomic E-state index is -1.25. The molecule has 5 N–H and O–H groups in total. The number of hydrogen-bond donors (Lipinski definition) is 5. The normalized spacial score (nSPS) is 17.8. The summed E-state index contributed by atoms with van der Waals surface area (Å²) in [7, 11) is 3.17. The molecule has 3 amide bonds. The molecule has 0 saturated carbocycles. The second-order valence-electron chi connectivity index (χ2n) is 10.8. The molecule has 1 aliphatic heterocycles. The van der Waals surface area contributed by atoms with Gasteiger partial charge in [-0.3, -0.25) is 14.4 Å². The number of carboxylic acids is 1. The molecule has 1 aromatic rings. The van der Waals surface area contributed by atoms with Gasteiger partial charge in [-0.05, 0) is 23.0 Å². The van der Waals surface area contributed by atoms with Crippen LogP contribution < -0.4 is 16.4 Å². The maximum Gasteiger partial charge on any atom is 0.326 e. The zero-order valence-corrected chi connectivity index (χ0v) is 23.3. The standard InChI is InChI=1S/C26H41N5O5S/c1-26(2,3)22(28-13-18(27)15-37)24(34)31-14-17-9-7-6-8-16(17)12-20(31)23(33)29-19(25(35)36)10-11-21(32)30(4)5/h6-9,18-20,22,28,37H,10-15,27H2,1-5H3,(H,29,33)(H,35,36)/t18-,19+,20+,22-/m1/s1. The number of aliphatic carboxylic acids is 1. The van der Waals surface area contributed by atoms with Gasteiger partial charge in [-0.2, -0.15) is 12.6 Å². The van der Waals surface area contributed by atoms with Crippen LogP contribution in [0.1, 0.15) is 44.7 Å². The summed E-state index contributed by atoms with van der Waals surface area (Å²) in [5.41, 5.74) is 7.40. The summed E-state index contributed by atoms with van der Waals surface area (Å²) < 4.78 is 0. The van der Waals surface area contributed by atoms with Gasteiger partial charge in [-0.1, -0.05) is 45.0 Å². The summed E-state index contributed by atoms with van der Waals surface area (Å²) in [6, 6.07) is 4.55. The van der Waals surface area contributed by atoms with Crippen molar-refractivity contribution < 1.29 is 24.3 Å². The van der Waals surface area contributed by atoms with E-state index in [0.717, 1.165) is 11.1 Å². The summed E-state index contributed by atoms with van der Waals surface area (Å²) >= 11 is 4.22. The van der Waals surface area contributed by atoms with E-state index < -0.39 is 35.4 Å². The summed E-state index contributed by atoms with van der Waals surface area (Å²) in [5, 5.41) is 15.5. The molecule has 37 heavy (non-hydrogen) atoms. The Hall–Kier alpha value is -2.63. The lowest BCUT2D eigenvalue weighted by Crippen LogP contribution is -2.61. The third-order valence-electron chi connectivity index (χ3n) is 6.53. The first kappa shape index (κ1) is 30.6. The van der Waals surface area contributed by atoms with Crippen LogP contribution in [0.3, 0.4) is 0 Å². The van der Waals surface area contributed by atoms with Crippen molar-refractivity contribution in [1.82, 2.24) is 20.4 Å². The van der Waals surface area contributed by atoms with Crippen molar-refractivity contribution >= 4 is 36.3 Å². The van der Waals surface area contributed by atoms with Crippen LogP contribution in [0.15, 0.2) is 24.3 Å². The van der Waals surface area contributed by atoms with Gasteiger partial charge < -0.3 is 31.3 Å². The van der Waals surface area contributed by atoms with E-state index in [1.807, 2.05) is 45.0 Å². The van der Waals surface area contributed by atoms with Gasteiger partial charge in [0.05, 0.1) is 6.04 Å². The average molecular weight is 536 g/mol. The fraction of sp³-hybridized carbons (Fsp3) is 0.615. The number of benzene rings is 1. The maximum atomic E-state index is 13.9. The largest absolute Gasteiger partial charge is 0.480 e. The van der Waals surface area contributed by atoms with E-state index in [4.69, 9.17) is 5.73 Å². The first-order valence-corrected chi connectivity index (χ1v) is 13.1. The summed E-state index contributed by atoms with van der Waals surface area (Å²) in [5.74, 6) is -1.84. The van der Waals surface area contributed by atoms with Gasteiger partial charge in [-0.25, -0.2) is 4.79 Å². The van der Waals surface area contributed by atoms with Gasteiger partial charge in [0.15, 0.2) is 0 Å². The average Bonchev–Trinajstić information content (AvgIpc) is 2.83. The molecule has 0 fully saturated rings. The van der Waals surface area contributed by atoms with E-state index in [2.05, 4.69) is 23.3 Å². The van der Waals surface area contributed by atoms with Crippen LogP contribution in [0.2, 0.25) is 0 Å². The van der Waals surface area contributed by atoms with Crippen LogP contribution in [0, 0.1) is 5.41 Å². The quantitative estimate of drug-likeness (QED) is 0.262. The number of carbonyl (C=O) groups excluding carboxylic acids is 3. The zero-order chi connectivity index (χ0) is 27.9. The Balaban J connectivity index is 2.33. The van der Waals surface area contributed by atoms with Crippen molar-refractivity contribution in [3.05, 3.63) is 35.4 Å². The predicted octanol–water partition coefficient (Wildman–Crippen LogP) is 0.639. The Morgan fingerprint density at radius 2 is 1.81 bits per heavy atom. The number of nitrogens with zero attached hydrogens (tertiary/aromatic N) is 2. The van der Waals surface area contributed by atoms with Crippen molar-refractivity contribution in [2.24, 2.45) is 11.1 Å². The van der Waals surface area contributed by atoms with Crippen LogP contribution in [-0.2, 0) is 32.1 Å². The summed E-state index contributed by atoms with van der Waals surface area (Å²) in [6.07, 6.45) is 0.175. The molecule has 206 valence electrons. The first-order chi connectivity index (χ1) is 17.3. The van der Waals surface area contributed by atoms with Crippen LogP contribution in [0.25, 0.3) is 0 Å². The third kappa shape index (κ3) is 8.44. The second kappa shape index (κ2) is 13.3. The molecule has 4 atom stereocenters. The highest BCUT2D eigenvalue weighted by Crippen LogP contribution is 2.28. The Morgan fingerprint density at radius 3 is 2.35 bits per heavy atom. The van der Waals surface area contributed by atoms with Crippen molar-refractivity contribution in [2.75, 3.05) is 26.4 Å². The zero-order valence-electron chi connectivity index (χ0n) is 22.4. The number of hydrogen-bond acceptors (Lipinski definition) is 7. The van der Waals surface area contributed by atoms with E-state index in [1.54, 1.807) is 14.1 Å². The summed E-state index contributed by atoms with van der Waals surface area (Å²) in [4.78, 5) is 54.2.